The van der Waals surface area contributed by atoms with Gasteiger partial charge in [-0.3, -0.25) is 9.78 Å². The van der Waals surface area contributed by atoms with Crippen molar-refractivity contribution < 1.29 is 23.8 Å². The largest absolute Gasteiger partial charge is 0.493 e. The Morgan fingerprint density at radius 1 is 1.09 bits per heavy atom. The van der Waals surface area contributed by atoms with E-state index in [1.54, 1.807) is 18.3 Å². The van der Waals surface area contributed by atoms with Crippen molar-refractivity contribution in [2.24, 2.45) is 5.92 Å². The number of aryl methyl sites for hydroxylation is 1. The molecular weight excluding hydrogens is 451 g/mol. The highest BCUT2D eigenvalue weighted by Gasteiger charge is 2.27. The Balaban J connectivity index is 1.40. The topological polar surface area (TPSA) is 116 Å². The zero-order valence-corrected chi connectivity index (χ0v) is 19.6. The summed E-state index contributed by atoms with van der Waals surface area (Å²) < 4.78 is 20.2. The first-order valence-electron chi connectivity index (χ1n) is 12.1. The van der Waals surface area contributed by atoms with Gasteiger partial charge in [-0.15, -0.1) is 0 Å². The molecule has 2 saturated carbocycles. The Morgan fingerprint density at radius 2 is 1.80 bits per heavy atom. The van der Waals surface area contributed by atoms with Gasteiger partial charge in [-0.25, -0.2) is 9.18 Å². The van der Waals surface area contributed by atoms with Gasteiger partial charge in [0.2, 0.25) is 0 Å². The zero-order chi connectivity index (χ0) is 24.5. The summed E-state index contributed by atoms with van der Waals surface area (Å²) >= 11 is 0. The first kappa shape index (κ1) is 23.1. The number of pyridine rings is 1. The molecule has 9 heteroatoms. The van der Waals surface area contributed by atoms with E-state index in [-0.39, 0.29) is 23.8 Å². The second-order valence-electron chi connectivity index (χ2n) is 9.57. The SMILES string of the molecule is Cc1[nH]c2c(-c3cc(F)ccc3OCC3CC3)ccnc2c1C(=O)NC1CCC(NC(=O)O)CC1. The molecule has 0 unspecified atom stereocenters. The smallest absolute Gasteiger partial charge is 0.404 e. The predicted molar refractivity (Wildman–Crippen MR) is 129 cm³/mol. The first-order valence-corrected chi connectivity index (χ1v) is 12.1. The third-order valence-electron chi connectivity index (χ3n) is 6.90. The Morgan fingerprint density at radius 3 is 2.49 bits per heavy atom. The highest BCUT2D eigenvalue weighted by molar-refractivity contribution is 6.09. The number of aromatic nitrogens is 2. The van der Waals surface area contributed by atoms with Gasteiger partial charge in [0, 0.05) is 35.1 Å². The fourth-order valence-corrected chi connectivity index (χ4v) is 4.85. The molecule has 2 aromatic heterocycles. The number of nitrogens with zero attached hydrogens (tertiary/aromatic N) is 1. The molecule has 4 N–H and O–H groups in total. The third kappa shape index (κ3) is 5.08. The van der Waals surface area contributed by atoms with E-state index in [0.717, 1.165) is 18.4 Å². The molecule has 2 aliphatic carbocycles. The van der Waals surface area contributed by atoms with Crippen molar-refractivity contribution in [3.63, 3.8) is 0 Å². The van der Waals surface area contributed by atoms with E-state index in [1.807, 2.05) is 6.92 Å². The summed E-state index contributed by atoms with van der Waals surface area (Å²) in [4.78, 5) is 31.9. The maximum Gasteiger partial charge on any atom is 0.404 e. The van der Waals surface area contributed by atoms with Gasteiger partial charge in [-0.1, -0.05) is 0 Å². The van der Waals surface area contributed by atoms with Crippen molar-refractivity contribution in [2.75, 3.05) is 6.61 Å². The quantitative estimate of drug-likeness (QED) is 0.389. The van der Waals surface area contributed by atoms with E-state index >= 15 is 0 Å². The van der Waals surface area contributed by atoms with E-state index in [0.29, 0.717) is 71.8 Å². The number of benzene rings is 1. The molecule has 2 heterocycles. The van der Waals surface area contributed by atoms with Crippen LogP contribution in [0.1, 0.15) is 54.6 Å². The number of carbonyl (C=O) groups is 2. The average Bonchev–Trinajstić information content (AvgIpc) is 3.58. The predicted octanol–water partition coefficient (Wildman–Crippen LogP) is 4.77. The van der Waals surface area contributed by atoms with Gasteiger partial charge in [0.1, 0.15) is 17.1 Å². The highest BCUT2D eigenvalue weighted by Crippen LogP contribution is 2.38. The summed E-state index contributed by atoms with van der Waals surface area (Å²) in [6, 6.07) is 6.18. The number of amides is 2. The van der Waals surface area contributed by atoms with E-state index in [1.165, 1.54) is 12.1 Å². The van der Waals surface area contributed by atoms with E-state index in [4.69, 9.17) is 9.84 Å². The van der Waals surface area contributed by atoms with Crippen LogP contribution < -0.4 is 15.4 Å². The monoisotopic (exact) mass is 480 g/mol. The van der Waals surface area contributed by atoms with Gasteiger partial charge in [-0.2, -0.15) is 0 Å². The molecule has 2 aliphatic rings. The fourth-order valence-electron chi connectivity index (χ4n) is 4.85. The lowest BCUT2D eigenvalue weighted by Gasteiger charge is -2.28. The molecule has 0 aliphatic heterocycles. The molecule has 0 radical (unpaired) electrons. The minimum absolute atomic E-state index is 0.0347. The molecule has 2 amide bonds. The van der Waals surface area contributed by atoms with Gasteiger partial charge in [0.15, 0.2) is 0 Å². The molecule has 0 saturated heterocycles. The summed E-state index contributed by atoms with van der Waals surface area (Å²) in [7, 11) is 0. The first-order chi connectivity index (χ1) is 16.9. The van der Waals surface area contributed by atoms with Crippen LogP contribution in [-0.2, 0) is 0 Å². The van der Waals surface area contributed by atoms with Crippen LogP contribution in [0.3, 0.4) is 0 Å². The van der Waals surface area contributed by atoms with Crippen LogP contribution in [0, 0.1) is 18.7 Å². The maximum atomic E-state index is 14.2. The number of H-pyrrole nitrogens is 1. The summed E-state index contributed by atoms with van der Waals surface area (Å²) in [6.45, 7) is 2.43. The van der Waals surface area contributed by atoms with Crippen LogP contribution in [0.2, 0.25) is 0 Å². The Hall–Kier alpha value is -3.62. The van der Waals surface area contributed by atoms with Crippen molar-refractivity contribution in [1.29, 1.82) is 0 Å². The lowest BCUT2D eigenvalue weighted by molar-refractivity contribution is 0.0924. The number of rotatable bonds is 7. The molecule has 0 bridgehead atoms. The third-order valence-corrected chi connectivity index (χ3v) is 6.90. The number of halogens is 1. The van der Waals surface area contributed by atoms with Crippen LogP contribution >= 0.6 is 0 Å². The van der Waals surface area contributed by atoms with Gasteiger partial charge in [0.05, 0.1) is 17.7 Å². The molecular formula is C26H29FN4O4. The van der Waals surface area contributed by atoms with E-state index in [9.17, 15) is 14.0 Å². The van der Waals surface area contributed by atoms with Crippen LogP contribution in [-0.4, -0.2) is 45.8 Å². The van der Waals surface area contributed by atoms with Gasteiger partial charge in [0.25, 0.3) is 5.91 Å². The molecule has 35 heavy (non-hydrogen) atoms. The van der Waals surface area contributed by atoms with Crippen molar-refractivity contribution in [3.05, 3.63) is 47.5 Å². The number of carbonyl (C=O) groups excluding carboxylic acids is 1. The standard InChI is InChI=1S/C26H29FN4O4/c1-14-22(25(32)30-17-5-7-18(8-6-17)31-26(33)34)24-23(29-14)19(10-11-28-24)20-12-16(27)4-9-21(20)35-13-15-2-3-15/h4,9-12,15,17-18,29,31H,2-3,5-8,13H2,1H3,(H,30,32)(H,33,34). The van der Waals surface area contributed by atoms with E-state index in [2.05, 4.69) is 20.6 Å². The number of nitrogens with one attached hydrogen (secondary N) is 3. The second-order valence-corrected chi connectivity index (χ2v) is 9.57. The normalized spacial score (nSPS) is 19.9. The highest BCUT2D eigenvalue weighted by atomic mass is 19.1. The van der Waals surface area contributed by atoms with Gasteiger partial charge < -0.3 is 25.5 Å². The van der Waals surface area contributed by atoms with Crippen LogP contribution in [0.5, 0.6) is 5.75 Å². The van der Waals surface area contributed by atoms with Crippen molar-refractivity contribution in [3.8, 4) is 16.9 Å². The zero-order valence-electron chi connectivity index (χ0n) is 19.6. The lowest BCUT2D eigenvalue weighted by Crippen LogP contribution is -2.43. The minimum atomic E-state index is -1.02. The van der Waals surface area contributed by atoms with Crippen LogP contribution in [0.4, 0.5) is 9.18 Å². The number of aromatic amines is 1. The van der Waals surface area contributed by atoms with Crippen molar-refractivity contribution >= 4 is 23.0 Å². The van der Waals surface area contributed by atoms with Gasteiger partial charge in [-0.05, 0) is 75.6 Å². The number of fused-ring (bicyclic) bond motifs is 1. The van der Waals surface area contributed by atoms with Crippen LogP contribution in [0.25, 0.3) is 22.2 Å². The molecule has 8 nitrogen and oxygen atoms in total. The Bertz CT molecular complexity index is 1260. The maximum absolute atomic E-state index is 14.2. The number of carboxylic acid groups (broad SMARTS) is 1. The Kier molecular flexibility index (Phi) is 6.32. The number of hydrogen-bond acceptors (Lipinski definition) is 4. The summed E-state index contributed by atoms with van der Waals surface area (Å²) in [5.74, 6) is 0.578. The number of ether oxygens (including phenoxy) is 1. The molecule has 5 rings (SSSR count). The summed E-state index contributed by atoms with van der Waals surface area (Å²) in [5, 5.41) is 14.5. The Labute approximate surface area is 202 Å². The van der Waals surface area contributed by atoms with Crippen LogP contribution in [0.15, 0.2) is 30.5 Å². The van der Waals surface area contributed by atoms with Crippen molar-refractivity contribution in [1.82, 2.24) is 20.6 Å². The molecule has 2 fully saturated rings. The lowest BCUT2D eigenvalue weighted by atomic mass is 9.91. The molecule has 0 atom stereocenters. The average molecular weight is 481 g/mol. The second kappa shape index (κ2) is 9.56. The minimum Gasteiger partial charge on any atom is -0.493 e. The molecule has 184 valence electrons. The van der Waals surface area contributed by atoms with Crippen molar-refractivity contribution in [2.45, 2.75) is 57.5 Å². The van der Waals surface area contributed by atoms with Gasteiger partial charge >= 0.3 is 6.09 Å². The molecule has 1 aromatic carbocycles. The summed E-state index contributed by atoms with van der Waals surface area (Å²) in [5.41, 5.74) is 3.67. The van der Waals surface area contributed by atoms with E-state index < -0.39 is 6.09 Å². The molecule has 3 aromatic rings. The number of hydrogen-bond donors (Lipinski definition) is 4. The molecule has 0 spiro atoms. The summed E-state index contributed by atoms with van der Waals surface area (Å²) in [6.07, 6.45) is 5.66. The fraction of sp³-hybridized carbons (Fsp3) is 0.423.